The molecule has 2 aromatic carbocycles. The molecule has 0 aliphatic heterocycles. The third-order valence-corrected chi connectivity index (χ3v) is 5.28. The van der Waals surface area contributed by atoms with Gasteiger partial charge in [0.05, 0.1) is 11.7 Å². The number of carboxylic acid groups (broad SMARTS) is 1. The summed E-state index contributed by atoms with van der Waals surface area (Å²) in [5, 5.41) is 23.1. The minimum Gasteiger partial charge on any atom is -0.478 e. The van der Waals surface area contributed by atoms with E-state index in [1.54, 1.807) is 30.3 Å². The zero-order valence-electron chi connectivity index (χ0n) is 15.8. The number of benzene rings is 2. The molecule has 1 aliphatic carbocycles. The van der Waals surface area contributed by atoms with Crippen molar-refractivity contribution in [3.05, 3.63) is 94.5 Å². The van der Waals surface area contributed by atoms with Crippen molar-refractivity contribution in [3.8, 4) is 0 Å². The maximum atomic E-state index is 15.9. The number of halogens is 2. The molecule has 0 saturated carbocycles. The number of allylic oxidation sites excluding steroid dienone is 2. The molecule has 3 rings (SSSR count). The summed E-state index contributed by atoms with van der Waals surface area (Å²) in [5.74, 6) is -1.73. The van der Waals surface area contributed by atoms with Crippen molar-refractivity contribution in [1.29, 1.82) is 0 Å². The minimum absolute atomic E-state index is 0.0568. The molecule has 3 N–H and O–H groups in total. The van der Waals surface area contributed by atoms with Gasteiger partial charge in [-0.1, -0.05) is 66.2 Å². The SMILES string of the molecule is O=C(O)C1=CC(F)(CCNC[C@H](O)c2cccc(Cl)c2)C(c2ccccc2)C=C1. The molecule has 4 nitrogen and oxygen atoms in total. The molecule has 0 spiro atoms. The number of aliphatic hydroxyl groups is 1. The molecule has 2 aromatic rings. The van der Waals surface area contributed by atoms with Gasteiger partial charge in [0.25, 0.3) is 0 Å². The Balaban J connectivity index is 1.67. The lowest BCUT2D eigenvalue weighted by molar-refractivity contribution is -0.132. The summed E-state index contributed by atoms with van der Waals surface area (Å²) >= 11 is 5.94. The van der Waals surface area contributed by atoms with Gasteiger partial charge < -0.3 is 15.5 Å². The van der Waals surface area contributed by atoms with Crippen molar-refractivity contribution >= 4 is 17.6 Å². The van der Waals surface area contributed by atoms with Crippen molar-refractivity contribution in [2.24, 2.45) is 0 Å². The Hall–Kier alpha value is -2.47. The average Bonchev–Trinajstić information content (AvgIpc) is 2.71. The van der Waals surface area contributed by atoms with Crippen molar-refractivity contribution in [2.75, 3.05) is 13.1 Å². The molecule has 3 atom stereocenters. The number of hydrogen-bond acceptors (Lipinski definition) is 3. The third kappa shape index (κ3) is 5.32. The van der Waals surface area contributed by atoms with E-state index in [1.807, 2.05) is 30.3 Å². The number of carboxylic acids is 1. The second-order valence-electron chi connectivity index (χ2n) is 7.10. The Morgan fingerprint density at radius 2 is 1.97 bits per heavy atom. The quantitative estimate of drug-likeness (QED) is 0.558. The first kappa shape index (κ1) is 21.2. The summed E-state index contributed by atoms with van der Waals surface area (Å²) in [5.41, 5.74) is -0.446. The fourth-order valence-electron chi connectivity index (χ4n) is 3.52. The van der Waals surface area contributed by atoms with Crippen LogP contribution in [0.2, 0.25) is 5.02 Å². The van der Waals surface area contributed by atoms with Crippen LogP contribution < -0.4 is 5.32 Å². The van der Waals surface area contributed by atoms with Crippen LogP contribution in [0.25, 0.3) is 0 Å². The molecule has 6 heteroatoms. The van der Waals surface area contributed by atoms with Gasteiger partial charge in [0.15, 0.2) is 0 Å². The molecule has 1 aliphatic rings. The number of aliphatic hydroxyl groups excluding tert-OH is 1. The molecule has 29 heavy (non-hydrogen) atoms. The summed E-state index contributed by atoms with van der Waals surface area (Å²) in [6.45, 7) is 0.506. The van der Waals surface area contributed by atoms with Gasteiger partial charge in [0.1, 0.15) is 5.67 Å². The minimum atomic E-state index is -1.85. The van der Waals surface area contributed by atoms with E-state index in [4.69, 9.17) is 11.6 Å². The van der Waals surface area contributed by atoms with Gasteiger partial charge >= 0.3 is 5.97 Å². The Bertz CT molecular complexity index is 915. The van der Waals surface area contributed by atoms with Gasteiger partial charge in [-0.3, -0.25) is 0 Å². The molecule has 2 unspecified atom stereocenters. The van der Waals surface area contributed by atoms with Crippen LogP contribution in [-0.2, 0) is 4.79 Å². The van der Waals surface area contributed by atoms with E-state index in [0.717, 1.165) is 5.56 Å². The second kappa shape index (κ2) is 9.35. The largest absolute Gasteiger partial charge is 0.478 e. The zero-order chi connectivity index (χ0) is 20.9. The number of carbonyl (C=O) groups is 1. The van der Waals surface area contributed by atoms with Gasteiger partial charge in [-0.15, -0.1) is 0 Å². The molecular weight excluding hydrogens is 393 g/mol. The smallest absolute Gasteiger partial charge is 0.335 e. The van der Waals surface area contributed by atoms with Crippen LogP contribution in [0.5, 0.6) is 0 Å². The number of rotatable bonds is 8. The van der Waals surface area contributed by atoms with Gasteiger partial charge in [0.2, 0.25) is 0 Å². The standard InChI is InChI=1S/C23H23ClFNO3/c24-19-8-4-7-17(13-19)21(27)15-26-12-11-23(25)14-18(22(28)29)9-10-20(23)16-5-2-1-3-6-16/h1-10,13-14,20-21,26-27H,11-12,15H2,(H,28,29)/t20?,21-,23?/m0/s1. The van der Waals surface area contributed by atoms with E-state index < -0.39 is 23.7 Å². The molecule has 0 bridgehead atoms. The number of nitrogens with one attached hydrogen (secondary N) is 1. The van der Waals surface area contributed by atoms with Gasteiger partial charge in [0, 0.05) is 17.5 Å². The van der Waals surface area contributed by atoms with E-state index in [9.17, 15) is 15.0 Å². The summed E-state index contributed by atoms with van der Waals surface area (Å²) < 4.78 is 15.9. The van der Waals surface area contributed by atoms with Gasteiger partial charge in [-0.25, -0.2) is 9.18 Å². The summed E-state index contributed by atoms with van der Waals surface area (Å²) in [7, 11) is 0. The van der Waals surface area contributed by atoms with Crippen molar-refractivity contribution in [1.82, 2.24) is 5.32 Å². The lowest BCUT2D eigenvalue weighted by Crippen LogP contribution is -2.36. The maximum absolute atomic E-state index is 15.9. The van der Waals surface area contributed by atoms with E-state index in [2.05, 4.69) is 5.32 Å². The molecule has 0 heterocycles. The van der Waals surface area contributed by atoms with Gasteiger partial charge in [-0.2, -0.15) is 0 Å². The van der Waals surface area contributed by atoms with Crippen molar-refractivity contribution in [2.45, 2.75) is 24.1 Å². The highest BCUT2D eigenvalue weighted by molar-refractivity contribution is 6.30. The molecule has 0 fully saturated rings. The van der Waals surface area contributed by atoms with E-state index >= 15 is 4.39 Å². The first-order chi connectivity index (χ1) is 13.9. The van der Waals surface area contributed by atoms with E-state index in [0.29, 0.717) is 10.6 Å². The number of aliphatic carboxylic acids is 1. The molecule has 0 amide bonds. The Morgan fingerprint density at radius 1 is 1.21 bits per heavy atom. The topological polar surface area (TPSA) is 69.6 Å². The lowest BCUT2D eigenvalue weighted by Gasteiger charge is -2.33. The fourth-order valence-corrected chi connectivity index (χ4v) is 3.71. The van der Waals surface area contributed by atoms with Crippen LogP contribution >= 0.6 is 11.6 Å². The molecule has 0 aromatic heterocycles. The van der Waals surface area contributed by atoms with Crippen LogP contribution in [0.15, 0.2) is 78.4 Å². The first-order valence-corrected chi connectivity index (χ1v) is 9.79. The first-order valence-electron chi connectivity index (χ1n) is 9.41. The van der Waals surface area contributed by atoms with Crippen LogP contribution in [0.3, 0.4) is 0 Å². The number of alkyl halides is 1. The highest BCUT2D eigenvalue weighted by Gasteiger charge is 2.39. The van der Waals surface area contributed by atoms with Crippen LogP contribution in [0, 0.1) is 0 Å². The molecule has 0 saturated heterocycles. The predicted molar refractivity (Wildman–Crippen MR) is 112 cm³/mol. The summed E-state index contributed by atoms with van der Waals surface area (Å²) in [6, 6.07) is 16.1. The summed E-state index contributed by atoms with van der Waals surface area (Å²) in [6.07, 6.45) is 3.55. The van der Waals surface area contributed by atoms with Crippen molar-refractivity contribution in [3.63, 3.8) is 0 Å². The third-order valence-electron chi connectivity index (χ3n) is 5.04. The second-order valence-corrected chi connectivity index (χ2v) is 7.54. The van der Waals surface area contributed by atoms with Crippen LogP contribution in [0.1, 0.15) is 29.6 Å². The van der Waals surface area contributed by atoms with Crippen LogP contribution in [0.4, 0.5) is 4.39 Å². The average molecular weight is 416 g/mol. The normalized spacial score (nSPS) is 22.2. The zero-order valence-corrected chi connectivity index (χ0v) is 16.5. The Kier molecular flexibility index (Phi) is 6.85. The predicted octanol–water partition coefficient (Wildman–Crippen LogP) is 4.43. The molecular formula is C23H23ClFNO3. The Labute approximate surface area is 174 Å². The molecule has 0 radical (unpaired) electrons. The molecule has 152 valence electrons. The van der Waals surface area contributed by atoms with Gasteiger partial charge in [-0.05, 0) is 42.3 Å². The Morgan fingerprint density at radius 3 is 2.66 bits per heavy atom. The van der Waals surface area contributed by atoms with Crippen LogP contribution in [-0.4, -0.2) is 34.9 Å². The monoisotopic (exact) mass is 415 g/mol. The lowest BCUT2D eigenvalue weighted by atomic mass is 9.77. The van der Waals surface area contributed by atoms with E-state index in [-0.39, 0.29) is 25.1 Å². The fraction of sp³-hybridized carbons (Fsp3) is 0.261. The summed E-state index contributed by atoms with van der Waals surface area (Å²) in [4.78, 5) is 11.3. The highest BCUT2D eigenvalue weighted by atomic mass is 35.5. The van der Waals surface area contributed by atoms with E-state index in [1.165, 1.54) is 12.2 Å². The maximum Gasteiger partial charge on any atom is 0.335 e. The number of hydrogen-bond donors (Lipinski definition) is 3. The highest BCUT2D eigenvalue weighted by Crippen LogP contribution is 2.41. The van der Waals surface area contributed by atoms with Crippen molar-refractivity contribution < 1.29 is 19.4 Å².